The largest absolute Gasteiger partial charge is 0.460 e. The smallest absolute Gasteiger partial charge is 0.137 e. The number of halogens is 4. The van der Waals surface area contributed by atoms with Crippen LogP contribution in [0.5, 0.6) is 0 Å². The van der Waals surface area contributed by atoms with E-state index >= 15 is 0 Å². The second-order valence-corrected chi connectivity index (χ2v) is 6.33. The van der Waals surface area contributed by atoms with Gasteiger partial charge in [-0.15, -0.1) is 0 Å². The Morgan fingerprint density at radius 2 is 1.70 bits per heavy atom. The number of rotatable bonds is 4. The lowest BCUT2D eigenvalue weighted by molar-refractivity contribution is 0.492. The first-order chi connectivity index (χ1) is 9.56. The molecule has 1 aliphatic rings. The lowest BCUT2D eigenvalue weighted by atomic mass is 10.1. The van der Waals surface area contributed by atoms with Gasteiger partial charge in [0.25, 0.3) is 0 Å². The summed E-state index contributed by atoms with van der Waals surface area (Å²) in [6, 6.07) is 5.86. The molecule has 0 radical (unpaired) electrons. The van der Waals surface area contributed by atoms with Crippen molar-refractivity contribution in [3.63, 3.8) is 0 Å². The molecule has 2 nitrogen and oxygen atoms in total. The van der Waals surface area contributed by atoms with Crippen molar-refractivity contribution >= 4 is 46.4 Å². The Morgan fingerprint density at radius 3 is 2.30 bits per heavy atom. The Balaban J connectivity index is 1.92. The predicted molar refractivity (Wildman–Crippen MR) is 84.0 cm³/mol. The van der Waals surface area contributed by atoms with E-state index < -0.39 is 0 Å². The molecule has 6 heteroatoms. The van der Waals surface area contributed by atoms with Crippen LogP contribution < -0.4 is 5.32 Å². The van der Waals surface area contributed by atoms with Gasteiger partial charge in [-0.25, -0.2) is 0 Å². The van der Waals surface area contributed by atoms with Crippen LogP contribution in [-0.4, -0.2) is 6.04 Å². The van der Waals surface area contributed by atoms with Crippen LogP contribution in [0.4, 0.5) is 0 Å². The van der Waals surface area contributed by atoms with Gasteiger partial charge in [-0.2, -0.15) is 0 Å². The Kier molecular flexibility index (Phi) is 4.21. The molecule has 106 valence electrons. The molecule has 1 aromatic carbocycles. The molecule has 3 rings (SSSR count). The minimum atomic E-state index is 0.345. The summed E-state index contributed by atoms with van der Waals surface area (Å²) in [5, 5.41) is 4.77. The van der Waals surface area contributed by atoms with Gasteiger partial charge in [-0.05, 0) is 31.0 Å². The van der Waals surface area contributed by atoms with Gasteiger partial charge in [-0.1, -0.05) is 46.4 Å². The summed E-state index contributed by atoms with van der Waals surface area (Å²) in [7, 11) is 0. The number of hydrogen-bond donors (Lipinski definition) is 1. The minimum absolute atomic E-state index is 0.345. The van der Waals surface area contributed by atoms with Crippen molar-refractivity contribution in [3.8, 4) is 11.3 Å². The van der Waals surface area contributed by atoms with Crippen LogP contribution in [0, 0.1) is 0 Å². The minimum Gasteiger partial charge on any atom is -0.460 e. The Morgan fingerprint density at radius 1 is 1.05 bits per heavy atom. The maximum absolute atomic E-state index is 6.20. The average Bonchev–Trinajstić information content (AvgIpc) is 3.13. The highest BCUT2D eigenvalue weighted by Gasteiger charge is 2.22. The van der Waals surface area contributed by atoms with Crippen molar-refractivity contribution in [1.82, 2.24) is 5.32 Å². The van der Waals surface area contributed by atoms with Crippen LogP contribution in [0.2, 0.25) is 20.1 Å². The van der Waals surface area contributed by atoms with Crippen LogP contribution in [0.25, 0.3) is 11.3 Å². The Bertz CT molecular complexity index is 623. The van der Waals surface area contributed by atoms with Crippen LogP contribution in [0.1, 0.15) is 18.6 Å². The molecule has 0 saturated heterocycles. The third-order valence-corrected chi connectivity index (χ3v) is 4.74. The molecule has 2 aromatic rings. The number of furan rings is 1. The molecule has 0 spiro atoms. The molecule has 1 N–H and O–H groups in total. The van der Waals surface area contributed by atoms with Gasteiger partial charge >= 0.3 is 0 Å². The van der Waals surface area contributed by atoms with E-state index in [1.807, 2.05) is 12.1 Å². The van der Waals surface area contributed by atoms with Crippen molar-refractivity contribution in [2.24, 2.45) is 0 Å². The zero-order valence-corrected chi connectivity index (χ0v) is 13.4. The first kappa shape index (κ1) is 14.6. The van der Waals surface area contributed by atoms with Gasteiger partial charge in [0.05, 0.1) is 32.2 Å². The first-order valence-electron chi connectivity index (χ1n) is 6.21. The Hall–Kier alpha value is -0.380. The van der Waals surface area contributed by atoms with Gasteiger partial charge in [-0.3, -0.25) is 0 Å². The normalized spacial score (nSPS) is 14.8. The molecule has 20 heavy (non-hydrogen) atoms. The van der Waals surface area contributed by atoms with Crippen LogP contribution in [0.3, 0.4) is 0 Å². The summed E-state index contributed by atoms with van der Waals surface area (Å²) in [5.74, 6) is 1.40. The van der Waals surface area contributed by atoms with Gasteiger partial charge in [0, 0.05) is 6.04 Å². The van der Waals surface area contributed by atoms with Crippen LogP contribution in [0.15, 0.2) is 22.6 Å². The lowest BCUT2D eigenvalue weighted by Crippen LogP contribution is -2.14. The van der Waals surface area contributed by atoms with E-state index in [0.717, 1.165) is 5.76 Å². The molecule has 0 amide bonds. The molecular weight excluding hydrogens is 340 g/mol. The summed E-state index contributed by atoms with van der Waals surface area (Å²) in [5.41, 5.74) is 0.531. The predicted octanol–water partition coefficient (Wildman–Crippen LogP) is 5.81. The van der Waals surface area contributed by atoms with Crippen molar-refractivity contribution in [2.45, 2.75) is 25.4 Å². The zero-order valence-electron chi connectivity index (χ0n) is 10.4. The number of benzene rings is 1. The molecule has 1 heterocycles. The van der Waals surface area contributed by atoms with E-state index in [1.165, 1.54) is 18.9 Å². The van der Waals surface area contributed by atoms with Crippen molar-refractivity contribution in [2.75, 3.05) is 0 Å². The summed E-state index contributed by atoms with van der Waals surface area (Å²) in [6.45, 7) is 0.689. The highest BCUT2D eigenvalue weighted by molar-refractivity contribution is 6.50. The molecule has 1 saturated carbocycles. The molecule has 0 atom stereocenters. The topological polar surface area (TPSA) is 25.2 Å². The number of nitrogens with one attached hydrogen (secondary N) is 1. The maximum Gasteiger partial charge on any atom is 0.137 e. The summed E-state index contributed by atoms with van der Waals surface area (Å²) in [4.78, 5) is 0. The van der Waals surface area contributed by atoms with E-state index in [9.17, 15) is 0 Å². The molecule has 1 fully saturated rings. The third kappa shape index (κ3) is 2.95. The molecule has 0 aliphatic heterocycles. The van der Waals surface area contributed by atoms with Crippen LogP contribution in [-0.2, 0) is 6.54 Å². The first-order valence-corrected chi connectivity index (χ1v) is 7.73. The van der Waals surface area contributed by atoms with E-state index in [1.54, 1.807) is 0 Å². The quantitative estimate of drug-likeness (QED) is 0.703. The highest BCUT2D eigenvalue weighted by Crippen LogP contribution is 2.43. The molecule has 0 bridgehead atoms. The van der Waals surface area contributed by atoms with Gasteiger partial charge < -0.3 is 9.73 Å². The zero-order chi connectivity index (χ0) is 14.3. The summed E-state index contributed by atoms with van der Waals surface area (Å²) >= 11 is 24.5. The second-order valence-electron chi connectivity index (χ2n) is 4.76. The van der Waals surface area contributed by atoms with E-state index in [-0.39, 0.29) is 0 Å². The third-order valence-electron chi connectivity index (χ3n) is 3.16. The highest BCUT2D eigenvalue weighted by atomic mass is 35.5. The molecule has 1 aliphatic carbocycles. The standard InChI is InChI=1S/C14H11Cl4NO/c15-9-5-10(16)14(18)12(13(9)17)11-4-3-8(20-11)6-19-7-1-2-7/h3-5,7,19H,1-2,6H2. The van der Waals surface area contributed by atoms with Crippen molar-refractivity contribution < 1.29 is 4.42 Å². The molecule has 1 aromatic heterocycles. The molecule has 0 unspecified atom stereocenters. The van der Waals surface area contributed by atoms with Gasteiger partial charge in [0.1, 0.15) is 11.5 Å². The summed E-state index contributed by atoms with van der Waals surface area (Å²) < 4.78 is 5.77. The lowest BCUT2D eigenvalue weighted by Gasteiger charge is -2.08. The van der Waals surface area contributed by atoms with Crippen LogP contribution >= 0.6 is 46.4 Å². The average molecular weight is 351 g/mol. The van der Waals surface area contributed by atoms with Gasteiger partial charge in [0.2, 0.25) is 0 Å². The van der Waals surface area contributed by atoms with E-state index in [4.69, 9.17) is 50.8 Å². The second kappa shape index (κ2) is 5.78. The number of hydrogen-bond acceptors (Lipinski definition) is 2. The Labute approximate surface area is 136 Å². The van der Waals surface area contributed by atoms with Crippen molar-refractivity contribution in [1.29, 1.82) is 0 Å². The SMILES string of the molecule is Clc1cc(Cl)c(Cl)c(-c2ccc(CNC3CC3)o2)c1Cl. The monoisotopic (exact) mass is 349 g/mol. The fourth-order valence-corrected chi connectivity index (χ4v) is 2.92. The van der Waals surface area contributed by atoms with E-state index in [2.05, 4.69) is 5.32 Å². The maximum atomic E-state index is 6.20. The van der Waals surface area contributed by atoms with E-state index in [0.29, 0.717) is 44.0 Å². The van der Waals surface area contributed by atoms with Crippen molar-refractivity contribution in [3.05, 3.63) is 44.0 Å². The fourth-order valence-electron chi connectivity index (χ4n) is 1.93. The van der Waals surface area contributed by atoms with Gasteiger partial charge in [0.15, 0.2) is 0 Å². The fraction of sp³-hybridized carbons (Fsp3) is 0.286. The molecular formula is C14H11Cl4NO. The summed E-state index contributed by atoms with van der Waals surface area (Å²) in [6.07, 6.45) is 2.46.